The summed E-state index contributed by atoms with van der Waals surface area (Å²) in [7, 11) is 1.73. The fraction of sp³-hybridized carbons (Fsp3) is 0.520. The summed E-state index contributed by atoms with van der Waals surface area (Å²) >= 11 is 6.03. The van der Waals surface area contributed by atoms with Gasteiger partial charge in [0.05, 0.1) is 13.2 Å². The zero-order chi connectivity index (χ0) is 20.5. The monoisotopic (exact) mass is 426 g/mol. The second kappa shape index (κ2) is 8.78. The highest BCUT2D eigenvalue weighted by Crippen LogP contribution is 2.47. The van der Waals surface area contributed by atoms with Crippen LogP contribution in [-0.2, 0) is 11.3 Å². The van der Waals surface area contributed by atoms with Gasteiger partial charge in [-0.15, -0.1) is 0 Å². The lowest BCUT2D eigenvalue weighted by Gasteiger charge is -2.47. The van der Waals surface area contributed by atoms with Gasteiger partial charge in [-0.3, -0.25) is 4.90 Å². The lowest BCUT2D eigenvalue weighted by molar-refractivity contribution is -0.0474. The Bertz CT molecular complexity index is 864. The summed E-state index contributed by atoms with van der Waals surface area (Å²) in [5.74, 6) is 2.15. The maximum absolute atomic E-state index is 6.32. The van der Waals surface area contributed by atoms with E-state index in [1.165, 1.54) is 36.1 Å². The highest BCUT2D eigenvalue weighted by atomic mass is 35.5. The number of anilines is 1. The van der Waals surface area contributed by atoms with Crippen molar-refractivity contribution in [2.75, 3.05) is 32.1 Å². The molecule has 3 aliphatic rings. The molecule has 4 nitrogen and oxygen atoms in total. The molecule has 2 aromatic carbocycles. The Morgan fingerprint density at radius 3 is 2.67 bits per heavy atom. The van der Waals surface area contributed by atoms with Crippen molar-refractivity contribution in [2.45, 2.75) is 44.4 Å². The van der Waals surface area contributed by atoms with E-state index in [9.17, 15) is 0 Å². The predicted molar refractivity (Wildman–Crippen MR) is 121 cm³/mol. The highest BCUT2D eigenvalue weighted by molar-refractivity contribution is 6.30. The summed E-state index contributed by atoms with van der Waals surface area (Å²) in [4.78, 5) is 2.58. The number of hydrogen-bond acceptors (Lipinski definition) is 4. The van der Waals surface area contributed by atoms with E-state index in [2.05, 4.69) is 40.5 Å². The maximum Gasteiger partial charge on any atom is 0.119 e. The Balaban J connectivity index is 1.28. The first-order valence-corrected chi connectivity index (χ1v) is 11.6. The summed E-state index contributed by atoms with van der Waals surface area (Å²) in [6.07, 6.45) is 5.07. The molecule has 3 heterocycles. The van der Waals surface area contributed by atoms with Gasteiger partial charge in [0, 0.05) is 41.4 Å². The average molecular weight is 427 g/mol. The van der Waals surface area contributed by atoms with Crippen LogP contribution in [0.25, 0.3) is 0 Å². The molecule has 0 aliphatic carbocycles. The summed E-state index contributed by atoms with van der Waals surface area (Å²) in [6.45, 7) is 4.18. The molecule has 0 radical (unpaired) electrons. The molecule has 2 saturated heterocycles. The number of methoxy groups -OCH3 is 1. The molecule has 3 atom stereocenters. The molecule has 160 valence electrons. The van der Waals surface area contributed by atoms with Gasteiger partial charge in [0.1, 0.15) is 5.75 Å². The van der Waals surface area contributed by atoms with Crippen molar-refractivity contribution in [2.24, 2.45) is 11.8 Å². The number of nitrogens with zero attached hydrogens (tertiary/aromatic N) is 1. The van der Waals surface area contributed by atoms with Crippen LogP contribution in [-0.4, -0.2) is 37.7 Å². The predicted octanol–water partition coefficient (Wildman–Crippen LogP) is 5.52. The molecule has 1 N–H and O–H groups in total. The molecule has 0 bridgehead atoms. The number of piperidine rings is 1. The minimum absolute atomic E-state index is 0.196. The van der Waals surface area contributed by atoms with Crippen LogP contribution >= 0.6 is 11.6 Å². The van der Waals surface area contributed by atoms with Crippen LogP contribution in [0.15, 0.2) is 42.5 Å². The van der Waals surface area contributed by atoms with Gasteiger partial charge < -0.3 is 14.8 Å². The molecule has 2 aromatic rings. The molecule has 30 heavy (non-hydrogen) atoms. The number of hydrogen-bond donors (Lipinski definition) is 1. The fourth-order valence-corrected chi connectivity index (χ4v) is 5.73. The number of halogens is 1. The summed E-state index contributed by atoms with van der Waals surface area (Å²) < 4.78 is 11.8. The molecule has 5 rings (SSSR count). The zero-order valence-corrected chi connectivity index (χ0v) is 18.4. The van der Waals surface area contributed by atoms with Gasteiger partial charge in [0.15, 0.2) is 0 Å². The van der Waals surface area contributed by atoms with Gasteiger partial charge in [-0.2, -0.15) is 0 Å². The molecule has 2 fully saturated rings. The van der Waals surface area contributed by atoms with Crippen LogP contribution in [0, 0.1) is 11.8 Å². The van der Waals surface area contributed by atoms with E-state index in [0.717, 1.165) is 43.4 Å². The van der Waals surface area contributed by atoms with Crippen LogP contribution in [0.5, 0.6) is 5.75 Å². The summed E-state index contributed by atoms with van der Waals surface area (Å²) in [6, 6.07) is 15.2. The van der Waals surface area contributed by atoms with Crippen molar-refractivity contribution in [3.63, 3.8) is 0 Å². The SMILES string of the molecule is COc1ccc2c(c1)[C@H]1OCCC[C@H]1[C@@H](C1CCN(Cc3ccc(Cl)cc3)CC1)N2. The van der Waals surface area contributed by atoms with E-state index >= 15 is 0 Å². The van der Waals surface area contributed by atoms with Crippen LogP contribution in [0.1, 0.15) is 42.9 Å². The summed E-state index contributed by atoms with van der Waals surface area (Å²) in [5.41, 5.74) is 3.85. The van der Waals surface area contributed by atoms with Crippen molar-refractivity contribution >= 4 is 17.3 Å². The number of benzene rings is 2. The van der Waals surface area contributed by atoms with Crippen LogP contribution in [0.2, 0.25) is 5.02 Å². The molecule has 3 aliphatic heterocycles. The molecule has 0 aromatic heterocycles. The Hall–Kier alpha value is -1.75. The van der Waals surface area contributed by atoms with E-state index < -0.39 is 0 Å². The Labute approximate surface area is 184 Å². The number of rotatable bonds is 4. The molecule has 0 unspecified atom stereocenters. The van der Waals surface area contributed by atoms with Crippen molar-refractivity contribution in [3.05, 3.63) is 58.6 Å². The van der Waals surface area contributed by atoms with Crippen LogP contribution in [0.3, 0.4) is 0 Å². The minimum atomic E-state index is 0.196. The highest BCUT2D eigenvalue weighted by Gasteiger charge is 2.43. The van der Waals surface area contributed by atoms with Gasteiger partial charge in [0.2, 0.25) is 0 Å². The van der Waals surface area contributed by atoms with Crippen LogP contribution in [0.4, 0.5) is 5.69 Å². The third-order valence-electron chi connectivity index (χ3n) is 7.18. The van der Waals surface area contributed by atoms with Crippen LogP contribution < -0.4 is 10.1 Å². The lowest BCUT2D eigenvalue weighted by Crippen LogP contribution is -2.48. The van der Waals surface area contributed by atoms with Crippen molar-refractivity contribution in [1.29, 1.82) is 0 Å². The molecule has 5 heteroatoms. The van der Waals surface area contributed by atoms with Crippen molar-refractivity contribution in [3.8, 4) is 5.75 Å². The molecule has 0 saturated carbocycles. The average Bonchev–Trinajstić information content (AvgIpc) is 2.80. The number of fused-ring (bicyclic) bond motifs is 3. The topological polar surface area (TPSA) is 33.7 Å². The number of ether oxygens (including phenoxy) is 2. The maximum atomic E-state index is 6.32. The van der Waals surface area contributed by atoms with Gasteiger partial charge in [-0.1, -0.05) is 23.7 Å². The third-order valence-corrected chi connectivity index (χ3v) is 7.43. The Morgan fingerprint density at radius 1 is 1.10 bits per heavy atom. The first kappa shape index (κ1) is 20.2. The molecule has 0 spiro atoms. The largest absolute Gasteiger partial charge is 0.497 e. The van der Waals surface area contributed by atoms with Crippen molar-refractivity contribution < 1.29 is 9.47 Å². The van der Waals surface area contributed by atoms with Gasteiger partial charge in [-0.25, -0.2) is 0 Å². The second-order valence-corrected chi connectivity index (χ2v) is 9.40. The zero-order valence-electron chi connectivity index (χ0n) is 17.6. The first-order valence-electron chi connectivity index (χ1n) is 11.2. The summed E-state index contributed by atoms with van der Waals surface area (Å²) in [5, 5.41) is 4.73. The Kier molecular flexibility index (Phi) is 5.90. The Morgan fingerprint density at radius 2 is 1.90 bits per heavy atom. The quantitative estimate of drug-likeness (QED) is 0.697. The molecular formula is C25H31ClN2O2. The van der Waals surface area contributed by atoms with Gasteiger partial charge in [-0.05, 0) is 80.6 Å². The van der Waals surface area contributed by atoms with E-state index in [-0.39, 0.29) is 6.10 Å². The van der Waals surface area contributed by atoms with Gasteiger partial charge in [0.25, 0.3) is 0 Å². The first-order chi connectivity index (χ1) is 14.7. The van der Waals surface area contributed by atoms with E-state index in [0.29, 0.717) is 17.9 Å². The third kappa shape index (κ3) is 4.05. The number of nitrogens with one attached hydrogen (secondary N) is 1. The minimum Gasteiger partial charge on any atom is -0.497 e. The fourth-order valence-electron chi connectivity index (χ4n) is 5.60. The lowest BCUT2D eigenvalue weighted by atomic mass is 9.73. The number of likely N-dealkylation sites (tertiary alicyclic amines) is 1. The standard InChI is InChI=1S/C25H31ClN2O2/c1-29-20-8-9-23-22(15-20)25-21(3-2-14-30-25)24(27-23)18-10-12-28(13-11-18)16-17-4-6-19(26)7-5-17/h4-9,15,18,21,24-25,27H,2-3,10-14,16H2,1H3/t21-,24+,25-/m0/s1. The molecule has 0 amide bonds. The second-order valence-electron chi connectivity index (χ2n) is 8.96. The van der Waals surface area contributed by atoms with Crippen molar-refractivity contribution in [1.82, 2.24) is 4.90 Å². The molecular weight excluding hydrogens is 396 g/mol. The van der Waals surface area contributed by atoms with Gasteiger partial charge >= 0.3 is 0 Å². The van der Waals surface area contributed by atoms with E-state index in [1.54, 1.807) is 7.11 Å². The normalized spacial score (nSPS) is 27.1. The smallest absolute Gasteiger partial charge is 0.119 e. The van der Waals surface area contributed by atoms with E-state index in [4.69, 9.17) is 21.1 Å². The van der Waals surface area contributed by atoms with E-state index in [1.807, 2.05) is 12.1 Å².